The largest absolute Gasteiger partial charge is 0.491 e. The Bertz CT molecular complexity index is 553. The number of aliphatic hydroxyl groups excluding tert-OH is 1. The molecule has 0 radical (unpaired) electrons. The van der Waals surface area contributed by atoms with Crippen molar-refractivity contribution in [2.24, 2.45) is 0 Å². The maximum Gasteiger partial charge on any atom is 0.234 e. The first-order valence-electron chi connectivity index (χ1n) is 8.61. The van der Waals surface area contributed by atoms with Crippen molar-refractivity contribution in [3.8, 4) is 11.8 Å². The van der Waals surface area contributed by atoms with Crippen molar-refractivity contribution in [2.75, 3.05) is 52.4 Å². The Balaban J connectivity index is 1.60. The van der Waals surface area contributed by atoms with Gasteiger partial charge in [-0.3, -0.25) is 14.6 Å². The number of ether oxygens (including phenoxy) is 1. The minimum atomic E-state index is -0.541. The Morgan fingerprint density at radius 3 is 2.60 bits per heavy atom. The number of para-hydroxylation sites is 1. The standard InChI is InChI=1S/C18H26N4O3/c19-7-4-8-20-18(24)14-22-11-9-21(10-12-22)13-16(23)15-25-17-5-2-1-3-6-17/h1-3,5-6,16,23H,4,8-15H2,(H,20,24)/t16-/m1/s1. The molecule has 2 rings (SSSR count). The first-order valence-corrected chi connectivity index (χ1v) is 8.61. The van der Waals surface area contributed by atoms with Gasteiger partial charge in [0.05, 0.1) is 19.0 Å². The van der Waals surface area contributed by atoms with Crippen LogP contribution >= 0.6 is 0 Å². The third-order valence-corrected chi connectivity index (χ3v) is 4.05. The van der Waals surface area contributed by atoms with Crippen molar-refractivity contribution in [2.45, 2.75) is 12.5 Å². The summed E-state index contributed by atoms with van der Waals surface area (Å²) in [6.07, 6.45) is -0.205. The molecule has 136 valence electrons. The van der Waals surface area contributed by atoms with Crippen molar-refractivity contribution < 1.29 is 14.6 Å². The number of nitrogens with zero attached hydrogens (tertiary/aromatic N) is 3. The molecule has 7 heteroatoms. The monoisotopic (exact) mass is 346 g/mol. The Morgan fingerprint density at radius 1 is 1.24 bits per heavy atom. The van der Waals surface area contributed by atoms with Gasteiger partial charge < -0.3 is 15.2 Å². The summed E-state index contributed by atoms with van der Waals surface area (Å²) in [5.74, 6) is 0.716. The number of nitriles is 1. The molecule has 25 heavy (non-hydrogen) atoms. The van der Waals surface area contributed by atoms with Gasteiger partial charge >= 0.3 is 0 Å². The number of hydrogen-bond acceptors (Lipinski definition) is 6. The lowest BCUT2D eigenvalue weighted by Crippen LogP contribution is -2.51. The lowest BCUT2D eigenvalue weighted by atomic mass is 10.2. The number of benzene rings is 1. The number of aliphatic hydroxyl groups is 1. The molecule has 1 aromatic carbocycles. The SMILES string of the molecule is N#CCCNC(=O)CN1CCN(C[C@@H](O)COc2ccccc2)CC1. The molecule has 0 spiro atoms. The lowest BCUT2D eigenvalue weighted by molar-refractivity contribution is -0.122. The predicted octanol–water partition coefficient (Wildman–Crippen LogP) is 0.0738. The molecule has 1 aliphatic heterocycles. The zero-order valence-electron chi connectivity index (χ0n) is 14.4. The summed E-state index contributed by atoms with van der Waals surface area (Å²) >= 11 is 0. The molecule has 0 aromatic heterocycles. The van der Waals surface area contributed by atoms with E-state index in [1.54, 1.807) is 0 Å². The van der Waals surface area contributed by atoms with Crippen LogP contribution in [0.3, 0.4) is 0 Å². The van der Waals surface area contributed by atoms with E-state index in [1.165, 1.54) is 0 Å². The first kappa shape index (κ1) is 19.2. The van der Waals surface area contributed by atoms with Crippen LogP contribution in [0.1, 0.15) is 6.42 Å². The van der Waals surface area contributed by atoms with Crippen LogP contribution in [-0.2, 0) is 4.79 Å². The first-order chi connectivity index (χ1) is 12.2. The van der Waals surface area contributed by atoms with E-state index in [-0.39, 0.29) is 12.5 Å². The summed E-state index contributed by atoms with van der Waals surface area (Å²) in [4.78, 5) is 16.0. The highest BCUT2D eigenvalue weighted by molar-refractivity contribution is 5.78. The number of rotatable bonds is 9. The number of piperazine rings is 1. The van der Waals surface area contributed by atoms with Crippen LogP contribution in [0.5, 0.6) is 5.75 Å². The molecule has 1 heterocycles. The van der Waals surface area contributed by atoms with Crippen LogP contribution < -0.4 is 10.1 Å². The Labute approximate surface area is 148 Å². The van der Waals surface area contributed by atoms with Gasteiger partial charge in [-0.05, 0) is 12.1 Å². The molecule has 1 fully saturated rings. The molecule has 1 atom stereocenters. The van der Waals surface area contributed by atoms with Gasteiger partial charge in [0.15, 0.2) is 0 Å². The molecular formula is C18H26N4O3. The molecule has 1 saturated heterocycles. The van der Waals surface area contributed by atoms with E-state index in [9.17, 15) is 9.90 Å². The van der Waals surface area contributed by atoms with Crippen LogP contribution in [0.15, 0.2) is 30.3 Å². The fraction of sp³-hybridized carbons (Fsp3) is 0.556. The normalized spacial score (nSPS) is 16.8. The smallest absolute Gasteiger partial charge is 0.234 e. The van der Waals surface area contributed by atoms with Crippen LogP contribution in [0.25, 0.3) is 0 Å². The number of nitrogens with one attached hydrogen (secondary N) is 1. The van der Waals surface area contributed by atoms with Gasteiger partial charge in [-0.2, -0.15) is 5.26 Å². The topological polar surface area (TPSA) is 88.8 Å². The van der Waals surface area contributed by atoms with E-state index in [1.807, 2.05) is 36.4 Å². The summed E-state index contributed by atoms with van der Waals surface area (Å²) in [5.41, 5.74) is 0. The van der Waals surface area contributed by atoms with E-state index in [4.69, 9.17) is 10.00 Å². The van der Waals surface area contributed by atoms with E-state index >= 15 is 0 Å². The van der Waals surface area contributed by atoms with Gasteiger partial charge in [-0.15, -0.1) is 0 Å². The van der Waals surface area contributed by atoms with Gasteiger partial charge in [0.1, 0.15) is 18.5 Å². The molecule has 1 aliphatic rings. The van der Waals surface area contributed by atoms with E-state index < -0.39 is 6.10 Å². The summed E-state index contributed by atoms with van der Waals surface area (Å²) in [7, 11) is 0. The van der Waals surface area contributed by atoms with Crippen molar-refractivity contribution in [1.82, 2.24) is 15.1 Å². The fourth-order valence-electron chi connectivity index (χ4n) is 2.71. The molecule has 1 aromatic rings. The molecular weight excluding hydrogens is 320 g/mol. The minimum absolute atomic E-state index is 0.0417. The maximum absolute atomic E-state index is 11.7. The van der Waals surface area contributed by atoms with Gasteiger partial charge in [0.25, 0.3) is 0 Å². The molecule has 2 N–H and O–H groups in total. The van der Waals surface area contributed by atoms with Crippen molar-refractivity contribution in [3.05, 3.63) is 30.3 Å². The molecule has 0 unspecified atom stereocenters. The highest BCUT2D eigenvalue weighted by Gasteiger charge is 2.20. The predicted molar refractivity (Wildman–Crippen MR) is 94.1 cm³/mol. The van der Waals surface area contributed by atoms with E-state index in [0.29, 0.717) is 26.1 Å². The average Bonchev–Trinajstić information content (AvgIpc) is 2.63. The average molecular weight is 346 g/mol. The second-order valence-electron chi connectivity index (χ2n) is 6.11. The summed E-state index contributed by atoms with van der Waals surface area (Å²) < 4.78 is 5.57. The van der Waals surface area contributed by atoms with Crippen LogP contribution in [0.2, 0.25) is 0 Å². The van der Waals surface area contributed by atoms with Gasteiger partial charge in [-0.1, -0.05) is 18.2 Å². The third-order valence-electron chi connectivity index (χ3n) is 4.05. The minimum Gasteiger partial charge on any atom is -0.491 e. The highest BCUT2D eigenvalue weighted by Crippen LogP contribution is 2.09. The summed E-state index contributed by atoms with van der Waals surface area (Å²) in [6, 6.07) is 11.5. The molecule has 0 aliphatic carbocycles. The van der Waals surface area contributed by atoms with Gasteiger partial charge in [0.2, 0.25) is 5.91 Å². The Hall–Kier alpha value is -2.14. The molecule has 1 amide bonds. The van der Waals surface area contributed by atoms with Crippen LogP contribution in [0, 0.1) is 11.3 Å². The van der Waals surface area contributed by atoms with Crippen LogP contribution in [-0.4, -0.2) is 79.3 Å². The zero-order chi connectivity index (χ0) is 17.9. The second-order valence-corrected chi connectivity index (χ2v) is 6.11. The van der Waals surface area contributed by atoms with E-state index in [0.717, 1.165) is 31.9 Å². The van der Waals surface area contributed by atoms with Crippen LogP contribution in [0.4, 0.5) is 0 Å². The molecule has 7 nitrogen and oxygen atoms in total. The Morgan fingerprint density at radius 2 is 1.92 bits per heavy atom. The second kappa shape index (κ2) is 10.7. The van der Waals surface area contributed by atoms with Crippen molar-refractivity contribution in [1.29, 1.82) is 5.26 Å². The number of carbonyl (C=O) groups is 1. The number of carbonyl (C=O) groups excluding carboxylic acids is 1. The number of hydrogen-bond donors (Lipinski definition) is 2. The van der Waals surface area contributed by atoms with Gasteiger partial charge in [-0.25, -0.2) is 0 Å². The maximum atomic E-state index is 11.7. The number of amides is 1. The van der Waals surface area contributed by atoms with Crippen molar-refractivity contribution >= 4 is 5.91 Å². The highest BCUT2D eigenvalue weighted by atomic mass is 16.5. The molecule has 0 bridgehead atoms. The van der Waals surface area contributed by atoms with Crippen molar-refractivity contribution in [3.63, 3.8) is 0 Å². The quantitative estimate of drug-likeness (QED) is 0.616. The lowest BCUT2D eigenvalue weighted by Gasteiger charge is -2.35. The third kappa shape index (κ3) is 7.52. The van der Waals surface area contributed by atoms with E-state index in [2.05, 4.69) is 15.1 Å². The summed E-state index contributed by atoms with van der Waals surface area (Å²) in [6.45, 7) is 4.81. The van der Waals surface area contributed by atoms with Gasteiger partial charge in [0, 0.05) is 39.3 Å². The summed E-state index contributed by atoms with van der Waals surface area (Å²) in [5, 5.41) is 21.3. The molecule has 0 saturated carbocycles. The zero-order valence-corrected chi connectivity index (χ0v) is 14.4. The Kier molecular flexibility index (Phi) is 8.19. The number of β-amino-alcohol motifs (C(OH)–C–C–N with tert-alkyl or cyclic N) is 1. The fourth-order valence-corrected chi connectivity index (χ4v) is 2.71.